The number of aryl methyl sites for hydroxylation is 1. The summed E-state index contributed by atoms with van der Waals surface area (Å²) >= 11 is 1.28. The van der Waals surface area contributed by atoms with E-state index in [1.165, 1.54) is 5.56 Å². The van der Waals surface area contributed by atoms with E-state index >= 15 is 0 Å². The molecule has 1 atom stereocenters. The number of nitrogens with two attached hydrogens (primary N) is 1. The minimum absolute atomic E-state index is 0.635. The van der Waals surface area contributed by atoms with Gasteiger partial charge in [0.1, 0.15) is 5.75 Å². The predicted octanol–water partition coefficient (Wildman–Crippen LogP) is 1.30. The number of anilines is 1. The van der Waals surface area contributed by atoms with Gasteiger partial charge in [-0.25, -0.2) is 0 Å². The molecule has 0 heterocycles. The van der Waals surface area contributed by atoms with Crippen molar-refractivity contribution < 1.29 is 4.55 Å². The molecule has 1 unspecified atom stereocenters. The molecule has 1 rings (SSSR count). The van der Waals surface area contributed by atoms with Crippen LogP contribution < -0.4 is 10.5 Å². The van der Waals surface area contributed by atoms with Crippen molar-refractivity contribution in [3.8, 4) is 0 Å². The van der Waals surface area contributed by atoms with E-state index in [4.69, 9.17) is 5.73 Å². The summed E-state index contributed by atoms with van der Waals surface area (Å²) in [7, 11) is 1.70. The molecule has 0 aliphatic carbocycles. The Morgan fingerprint density at radius 3 is 2.86 bits per heavy atom. The quantitative estimate of drug-likeness (QED) is 0.499. The first-order chi connectivity index (χ1) is 6.63. The summed E-state index contributed by atoms with van der Waals surface area (Å²) in [5.74, 6) is 0.635. The summed E-state index contributed by atoms with van der Waals surface area (Å²) in [6.07, 6.45) is 0.809. The van der Waals surface area contributed by atoms with Crippen molar-refractivity contribution in [3.63, 3.8) is 0 Å². The molecule has 3 N–H and O–H groups in total. The second kappa shape index (κ2) is 5.79. The third kappa shape index (κ3) is 3.64. The highest BCUT2D eigenvalue weighted by Gasteiger charge is 2.04. The van der Waals surface area contributed by atoms with Crippen molar-refractivity contribution in [2.24, 2.45) is 0 Å². The molecule has 0 saturated heterocycles. The van der Waals surface area contributed by atoms with Crippen molar-refractivity contribution in [1.82, 2.24) is 4.72 Å². The molecule has 0 aliphatic heterocycles. The average molecular weight is 324 g/mol. The van der Waals surface area contributed by atoms with E-state index in [0.717, 1.165) is 15.7 Å². The highest BCUT2D eigenvalue weighted by molar-refractivity contribution is 14.1. The van der Waals surface area contributed by atoms with Crippen molar-refractivity contribution in [2.45, 2.75) is 6.42 Å². The Morgan fingerprint density at radius 1 is 1.57 bits per heavy atom. The van der Waals surface area contributed by atoms with Gasteiger partial charge in [0.05, 0.1) is 0 Å². The van der Waals surface area contributed by atoms with Crippen LogP contribution in [0.1, 0.15) is 5.56 Å². The van der Waals surface area contributed by atoms with Crippen molar-refractivity contribution in [3.05, 3.63) is 27.3 Å². The van der Waals surface area contributed by atoms with Gasteiger partial charge in [-0.1, -0.05) is 6.07 Å². The summed E-state index contributed by atoms with van der Waals surface area (Å²) in [6.45, 7) is 0. The van der Waals surface area contributed by atoms with Crippen LogP contribution in [0.15, 0.2) is 18.2 Å². The van der Waals surface area contributed by atoms with Gasteiger partial charge in [-0.15, -0.1) is 4.72 Å². The molecule has 1 aromatic rings. The highest BCUT2D eigenvalue weighted by Crippen LogP contribution is 2.16. The molecule has 14 heavy (non-hydrogen) atoms. The molecule has 5 heteroatoms. The number of rotatable bonds is 4. The largest absolute Gasteiger partial charge is 0.598 e. The zero-order valence-electron chi connectivity index (χ0n) is 7.92. The Morgan fingerprint density at radius 2 is 2.29 bits per heavy atom. The van der Waals surface area contributed by atoms with Gasteiger partial charge >= 0.3 is 0 Å². The average Bonchev–Trinajstić information content (AvgIpc) is 2.19. The lowest BCUT2D eigenvalue weighted by Crippen LogP contribution is -2.23. The first kappa shape index (κ1) is 12.1. The standard InChI is InChI=1S/C9H13IN2OS/c1-12-14(13)5-4-7-2-3-9(11)8(10)6-7/h2-3,6,12H,4-5,11H2,1H3. The van der Waals surface area contributed by atoms with Gasteiger partial charge in [0.15, 0.2) is 0 Å². The molecule has 0 fully saturated rings. The molecule has 0 aromatic heterocycles. The zero-order chi connectivity index (χ0) is 10.6. The maximum atomic E-state index is 11.1. The summed E-state index contributed by atoms with van der Waals surface area (Å²) in [4.78, 5) is 0. The number of hydrogen-bond acceptors (Lipinski definition) is 3. The fourth-order valence-electron chi connectivity index (χ4n) is 1.04. The monoisotopic (exact) mass is 324 g/mol. The second-order valence-corrected chi connectivity index (χ2v) is 5.53. The summed E-state index contributed by atoms with van der Waals surface area (Å²) in [5, 5.41) is 0. The van der Waals surface area contributed by atoms with Gasteiger partial charge in [0.25, 0.3) is 0 Å². The first-order valence-electron chi connectivity index (χ1n) is 4.23. The van der Waals surface area contributed by atoms with Gasteiger partial charge < -0.3 is 10.3 Å². The molecule has 0 radical (unpaired) electrons. The van der Waals surface area contributed by atoms with E-state index in [2.05, 4.69) is 27.3 Å². The molecule has 1 aromatic carbocycles. The number of nitrogen functional groups attached to an aromatic ring is 1. The molecule has 0 aliphatic rings. The lowest BCUT2D eigenvalue weighted by molar-refractivity contribution is 0.586. The van der Waals surface area contributed by atoms with Crippen molar-refractivity contribution in [2.75, 3.05) is 18.5 Å². The van der Waals surface area contributed by atoms with E-state index < -0.39 is 11.4 Å². The van der Waals surface area contributed by atoms with Gasteiger partial charge in [0.2, 0.25) is 0 Å². The van der Waals surface area contributed by atoms with E-state index in [9.17, 15) is 4.55 Å². The fourth-order valence-corrected chi connectivity index (χ4v) is 2.24. The summed E-state index contributed by atoms with van der Waals surface area (Å²) in [6, 6.07) is 5.90. The number of benzene rings is 1. The van der Waals surface area contributed by atoms with Gasteiger partial charge in [-0.2, -0.15) is 0 Å². The van der Waals surface area contributed by atoms with Crippen LogP contribution in [0.5, 0.6) is 0 Å². The normalized spacial score (nSPS) is 12.8. The zero-order valence-corrected chi connectivity index (χ0v) is 10.9. The third-order valence-electron chi connectivity index (χ3n) is 1.87. The molecule has 0 bridgehead atoms. The second-order valence-electron chi connectivity index (χ2n) is 2.86. The van der Waals surface area contributed by atoms with Gasteiger partial charge in [-0.05, 0) is 40.3 Å². The Kier molecular flexibility index (Phi) is 5.00. The third-order valence-corrected chi connectivity index (χ3v) is 3.83. The number of halogens is 1. The molecule has 0 saturated carbocycles. The van der Waals surface area contributed by atoms with Gasteiger partial charge in [-0.3, -0.25) is 0 Å². The van der Waals surface area contributed by atoms with Crippen LogP contribution in [0.3, 0.4) is 0 Å². The van der Waals surface area contributed by atoms with Crippen molar-refractivity contribution >= 4 is 39.6 Å². The predicted molar refractivity (Wildman–Crippen MR) is 69.3 cm³/mol. The lowest BCUT2D eigenvalue weighted by atomic mass is 10.1. The number of hydrogen-bond donors (Lipinski definition) is 2. The van der Waals surface area contributed by atoms with Crippen LogP contribution in [0.2, 0.25) is 0 Å². The summed E-state index contributed by atoms with van der Waals surface area (Å²) in [5.41, 5.74) is 7.66. The minimum Gasteiger partial charge on any atom is -0.598 e. The molecule has 3 nitrogen and oxygen atoms in total. The van der Waals surface area contributed by atoms with Crippen molar-refractivity contribution in [1.29, 1.82) is 0 Å². The van der Waals surface area contributed by atoms with Crippen LogP contribution in [0, 0.1) is 3.57 Å². The van der Waals surface area contributed by atoms with Crippen LogP contribution in [0.25, 0.3) is 0 Å². The smallest absolute Gasteiger partial charge is 0.129 e. The Hall–Kier alpha value is 0.0200. The van der Waals surface area contributed by atoms with E-state index in [1.54, 1.807) is 7.05 Å². The minimum atomic E-state index is -0.923. The van der Waals surface area contributed by atoms with Crippen LogP contribution in [-0.2, 0) is 17.8 Å². The maximum absolute atomic E-state index is 11.1. The highest BCUT2D eigenvalue weighted by atomic mass is 127. The molecule has 78 valence electrons. The maximum Gasteiger partial charge on any atom is 0.129 e. The summed E-state index contributed by atoms with van der Waals surface area (Å²) < 4.78 is 14.9. The topological polar surface area (TPSA) is 61.1 Å². The number of nitrogens with one attached hydrogen (secondary N) is 1. The molecular formula is C9H13IN2OS. The van der Waals surface area contributed by atoms with Gasteiger partial charge in [0, 0.05) is 34.1 Å². The van der Waals surface area contributed by atoms with E-state index in [0.29, 0.717) is 5.75 Å². The lowest BCUT2D eigenvalue weighted by Gasteiger charge is -2.08. The van der Waals surface area contributed by atoms with Crippen LogP contribution in [0.4, 0.5) is 5.69 Å². The Bertz CT molecular complexity index is 309. The van der Waals surface area contributed by atoms with E-state index in [1.807, 2.05) is 18.2 Å². The van der Waals surface area contributed by atoms with Crippen LogP contribution >= 0.6 is 22.6 Å². The fraction of sp³-hybridized carbons (Fsp3) is 0.333. The first-order valence-corrected chi connectivity index (χ1v) is 6.63. The Balaban J connectivity index is 2.55. The van der Waals surface area contributed by atoms with Crippen LogP contribution in [-0.4, -0.2) is 17.4 Å². The molecule has 0 amide bonds. The molecular weight excluding hydrogens is 311 g/mol. The Labute approximate surface area is 101 Å². The molecule has 0 spiro atoms. The SMILES string of the molecule is CN[S+]([O-])CCc1ccc(N)c(I)c1. The van der Waals surface area contributed by atoms with E-state index in [-0.39, 0.29) is 0 Å².